The number of hydrogen-bond acceptors (Lipinski definition) is 2. The van der Waals surface area contributed by atoms with E-state index in [-0.39, 0.29) is 23.3 Å². The first-order valence-corrected chi connectivity index (χ1v) is 8.51. The van der Waals surface area contributed by atoms with Crippen LogP contribution in [0, 0.1) is 5.41 Å². The first-order valence-electron chi connectivity index (χ1n) is 8.51. The largest absolute Gasteiger partial charge is 0.345 e. The van der Waals surface area contributed by atoms with Crippen LogP contribution in [0.25, 0.3) is 0 Å². The van der Waals surface area contributed by atoms with Crippen LogP contribution in [0.1, 0.15) is 56.1 Å². The Hall–Kier alpha value is -2.62. The van der Waals surface area contributed by atoms with Gasteiger partial charge in [0.25, 0.3) is 5.91 Å². The molecule has 2 aromatic rings. The maximum Gasteiger partial charge on any atom is 0.253 e. The summed E-state index contributed by atoms with van der Waals surface area (Å²) in [4.78, 5) is 24.9. The molecular formula is C21H26N2O2. The fourth-order valence-electron chi connectivity index (χ4n) is 2.57. The Morgan fingerprint density at radius 2 is 1.56 bits per heavy atom. The van der Waals surface area contributed by atoms with Crippen molar-refractivity contribution in [3.8, 4) is 0 Å². The molecule has 1 unspecified atom stereocenters. The molecule has 0 aliphatic heterocycles. The van der Waals surface area contributed by atoms with Crippen LogP contribution in [-0.4, -0.2) is 11.8 Å². The lowest BCUT2D eigenvalue weighted by Gasteiger charge is -2.19. The van der Waals surface area contributed by atoms with Crippen LogP contribution in [0.15, 0.2) is 54.6 Å². The maximum atomic E-state index is 12.7. The van der Waals surface area contributed by atoms with Crippen molar-refractivity contribution in [3.05, 3.63) is 65.7 Å². The van der Waals surface area contributed by atoms with Gasteiger partial charge in [0.2, 0.25) is 5.91 Å². The Bertz CT molecular complexity index is 733. The summed E-state index contributed by atoms with van der Waals surface area (Å²) in [6, 6.07) is 16.7. The van der Waals surface area contributed by atoms with Gasteiger partial charge in [-0.1, -0.05) is 63.2 Å². The van der Waals surface area contributed by atoms with E-state index in [1.165, 1.54) is 0 Å². The molecule has 0 aliphatic carbocycles. The number of amides is 2. The van der Waals surface area contributed by atoms with Crippen LogP contribution in [0.4, 0.5) is 5.69 Å². The van der Waals surface area contributed by atoms with Gasteiger partial charge in [-0.25, -0.2) is 0 Å². The summed E-state index contributed by atoms with van der Waals surface area (Å²) in [5, 5.41) is 5.85. The molecule has 2 amide bonds. The van der Waals surface area contributed by atoms with E-state index in [0.717, 1.165) is 5.56 Å². The van der Waals surface area contributed by atoms with Gasteiger partial charge in [-0.2, -0.15) is 0 Å². The van der Waals surface area contributed by atoms with Gasteiger partial charge in [0.05, 0.1) is 17.3 Å². The highest BCUT2D eigenvalue weighted by Crippen LogP contribution is 2.22. The van der Waals surface area contributed by atoms with E-state index in [1.807, 2.05) is 64.1 Å². The molecule has 0 bridgehead atoms. The molecular weight excluding hydrogens is 312 g/mol. The minimum atomic E-state index is -0.206. The zero-order valence-electron chi connectivity index (χ0n) is 15.3. The normalized spacial score (nSPS) is 12.3. The van der Waals surface area contributed by atoms with Crippen molar-refractivity contribution in [2.24, 2.45) is 5.41 Å². The highest BCUT2D eigenvalue weighted by molar-refractivity contribution is 6.03. The third-order valence-corrected chi connectivity index (χ3v) is 3.78. The van der Waals surface area contributed by atoms with Crippen molar-refractivity contribution >= 4 is 17.5 Å². The van der Waals surface area contributed by atoms with E-state index in [4.69, 9.17) is 0 Å². The van der Waals surface area contributed by atoms with Crippen LogP contribution < -0.4 is 10.6 Å². The van der Waals surface area contributed by atoms with Crippen molar-refractivity contribution in [1.29, 1.82) is 0 Å². The van der Waals surface area contributed by atoms with Gasteiger partial charge in [0.15, 0.2) is 0 Å². The molecule has 1 atom stereocenters. The smallest absolute Gasteiger partial charge is 0.253 e. The molecule has 0 saturated carbocycles. The summed E-state index contributed by atoms with van der Waals surface area (Å²) in [5.41, 5.74) is 1.93. The summed E-state index contributed by atoms with van der Waals surface area (Å²) in [7, 11) is 0. The van der Waals surface area contributed by atoms with E-state index in [2.05, 4.69) is 10.6 Å². The van der Waals surface area contributed by atoms with Gasteiger partial charge in [0.1, 0.15) is 0 Å². The van der Waals surface area contributed by atoms with Gasteiger partial charge in [-0.3, -0.25) is 9.59 Å². The lowest BCUT2D eigenvalue weighted by molar-refractivity contribution is -0.117. The quantitative estimate of drug-likeness (QED) is 0.840. The number of nitrogens with one attached hydrogen (secondary N) is 2. The van der Waals surface area contributed by atoms with Gasteiger partial charge in [-0.05, 0) is 30.0 Å². The second-order valence-corrected chi connectivity index (χ2v) is 7.44. The van der Waals surface area contributed by atoms with E-state index in [0.29, 0.717) is 17.7 Å². The van der Waals surface area contributed by atoms with Crippen molar-refractivity contribution in [2.45, 2.75) is 40.2 Å². The Morgan fingerprint density at radius 1 is 0.960 bits per heavy atom. The predicted octanol–water partition coefficient (Wildman–Crippen LogP) is 4.55. The standard InChI is InChI=1S/C21H26N2O2/c1-15(16-10-6-5-7-11-16)22-20(25)17-12-8-9-13-18(17)23-19(24)14-21(2,3)4/h5-13,15H,14H2,1-4H3,(H,22,25)(H,23,24). The number of carbonyl (C=O) groups excluding carboxylic acids is 2. The minimum absolute atomic E-state index is 0.0937. The number of anilines is 1. The van der Waals surface area contributed by atoms with Gasteiger partial charge in [0, 0.05) is 6.42 Å². The lowest BCUT2D eigenvalue weighted by atomic mass is 9.92. The van der Waals surface area contributed by atoms with Crippen molar-refractivity contribution < 1.29 is 9.59 Å². The molecule has 2 rings (SSSR count). The SMILES string of the molecule is CC(NC(=O)c1ccccc1NC(=O)CC(C)(C)C)c1ccccc1. The highest BCUT2D eigenvalue weighted by atomic mass is 16.2. The third-order valence-electron chi connectivity index (χ3n) is 3.78. The molecule has 0 spiro atoms. The number of carbonyl (C=O) groups is 2. The molecule has 0 aromatic heterocycles. The Kier molecular flexibility index (Phi) is 5.97. The molecule has 0 saturated heterocycles. The molecule has 0 heterocycles. The third kappa shape index (κ3) is 5.75. The van der Waals surface area contributed by atoms with Crippen molar-refractivity contribution in [2.75, 3.05) is 5.32 Å². The second kappa shape index (κ2) is 7.97. The summed E-state index contributed by atoms with van der Waals surface area (Å²) in [6.45, 7) is 7.96. The van der Waals surface area contributed by atoms with Crippen LogP contribution >= 0.6 is 0 Å². The molecule has 25 heavy (non-hydrogen) atoms. The first-order chi connectivity index (χ1) is 11.8. The van der Waals surface area contributed by atoms with Crippen molar-refractivity contribution in [3.63, 3.8) is 0 Å². The van der Waals surface area contributed by atoms with Gasteiger partial charge < -0.3 is 10.6 Å². The average molecular weight is 338 g/mol. The monoisotopic (exact) mass is 338 g/mol. The predicted molar refractivity (Wildman–Crippen MR) is 101 cm³/mol. The zero-order valence-corrected chi connectivity index (χ0v) is 15.3. The zero-order chi connectivity index (χ0) is 18.4. The Balaban J connectivity index is 2.11. The van der Waals surface area contributed by atoms with E-state index in [9.17, 15) is 9.59 Å². The molecule has 4 heteroatoms. The molecule has 132 valence electrons. The van der Waals surface area contributed by atoms with E-state index in [1.54, 1.807) is 18.2 Å². The number of para-hydroxylation sites is 1. The van der Waals surface area contributed by atoms with Gasteiger partial charge >= 0.3 is 0 Å². The number of hydrogen-bond donors (Lipinski definition) is 2. The fraction of sp³-hybridized carbons (Fsp3) is 0.333. The molecule has 0 radical (unpaired) electrons. The van der Waals surface area contributed by atoms with Crippen LogP contribution in [0.2, 0.25) is 0 Å². The molecule has 0 aliphatic rings. The number of benzene rings is 2. The average Bonchev–Trinajstić information content (AvgIpc) is 2.54. The summed E-state index contributed by atoms with van der Waals surface area (Å²) in [5.74, 6) is -0.299. The van der Waals surface area contributed by atoms with Crippen molar-refractivity contribution in [1.82, 2.24) is 5.32 Å². The van der Waals surface area contributed by atoms with E-state index < -0.39 is 0 Å². The lowest BCUT2D eigenvalue weighted by Crippen LogP contribution is -2.28. The fourth-order valence-corrected chi connectivity index (χ4v) is 2.57. The van der Waals surface area contributed by atoms with E-state index >= 15 is 0 Å². The molecule has 4 nitrogen and oxygen atoms in total. The minimum Gasteiger partial charge on any atom is -0.345 e. The Labute approximate surface area is 149 Å². The maximum absolute atomic E-state index is 12.7. The highest BCUT2D eigenvalue weighted by Gasteiger charge is 2.19. The molecule has 2 aromatic carbocycles. The molecule has 2 N–H and O–H groups in total. The summed E-state index contributed by atoms with van der Waals surface area (Å²) < 4.78 is 0. The van der Waals surface area contributed by atoms with Crippen LogP contribution in [-0.2, 0) is 4.79 Å². The van der Waals surface area contributed by atoms with Crippen LogP contribution in [0.3, 0.4) is 0 Å². The summed E-state index contributed by atoms with van der Waals surface area (Å²) in [6.07, 6.45) is 0.392. The first kappa shape index (κ1) is 18.7. The van der Waals surface area contributed by atoms with Gasteiger partial charge in [-0.15, -0.1) is 0 Å². The Morgan fingerprint density at radius 3 is 2.20 bits per heavy atom. The molecule has 0 fully saturated rings. The number of rotatable bonds is 5. The van der Waals surface area contributed by atoms with Crippen LogP contribution in [0.5, 0.6) is 0 Å². The summed E-state index contributed by atoms with van der Waals surface area (Å²) >= 11 is 0. The topological polar surface area (TPSA) is 58.2 Å². The second-order valence-electron chi connectivity index (χ2n) is 7.44.